The maximum Gasteiger partial charge on any atom is 0.323 e. The number of ether oxygens (including phenoxy) is 2. The highest BCUT2D eigenvalue weighted by atomic mass is 35.5. The number of likely N-dealkylation sites (tertiary alicyclic amines) is 1. The Morgan fingerprint density at radius 2 is 1.60 bits per heavy atom. The highest BCUT2D eigenvalue weighted by Crippen LogP contribution is 2.40. The van der Waals surface area contributed by atoms with E-state index in [1.54, 1.807) is 52.4 Å². The summed E-state index contributed by atoms with van der Waals surface area (Å²) in [6.45, 7) is 18.9. The summed E-state index contributed by atoms with van der Waals surface area (Å²) < 4.78 is 20.3. The van der Waals surface area contributed by atoms with Gasteiger partial charge in [0.25, 0.3) is 5.91 Å². The molecule has 4 aromatic heterocycles. The number of aliphatic imine (C=N–C) groups is 1. The van der Waals surface area contributed by atoms with Crippen LogP contribution in [0, 0.1) is 39.0 Å². The maximum atomic E-state index is 14.9. The highest BCUT2D eigenvalue weighted by molar-refractivity contribution is 7.15. The molecule has 3 aromatic carbocycles. The summed E-state index contributed by atoms with van der Waals surface area (Å²) in [5, 5.41) is 20.3. The molecule has 6 atom stereocenters. The van der Waals surface area contributed by atoms with Crippen LogP contribution in [0.2, 0.25) is 5.02 Å². The van der Waals surface area contributed by atoms with Gasteiger partial charge in [0.1, 0.15) is 58.5 Å². The maximum absolute atomic E-state index is 14.9. The summed E-state index contributed by atoms with van der Waals surface area (Å²) in [4.78, 5) is 83.5. The van der Waals surface area contributed by atoms with E-state index in [2.05, 4.69) is 45.0 Å². The van der Waals surface area contributed by atoms with Crippen molar-refractivity contribution in [3.8, 4) is 21.2 Å². The highest BCUT2D eigenvalue weighted by Gasteiger charge is 2.47. The van der Waals surface area contributed by atoms with Gasteiger partial charge in [-0.3, -0.25) is 33.5 Å². The zero-order valence-electron chi connectivity index (χ0n) is 47.0. The molecule has 21 heteroatoms. The predicted octanol–water partition coefficient (Wildman–Crippen LogP) is 9.61. The van der Waals surface area contributed by atoms with Crippen LogP contribution in [-0.2, 0) is 23.9 Å². The Balaban J connectivity index is 0.781. The van der Waals surface area contributed by atoms with Crippen molar-refractivity contribution in [2.75, 3.05) is 6.54 Å². The van der Waals surface area contributed by atoms with Gasteiger partial charge in [0, 0.05) is 51.7 Å². The number of thiazole rings is 1. The molecular formula is C60H67ClN10O8S2. The van der Waals surface area contributed by atoms with Crippen LogP contribution in [0.25, 0.3) is 26.4 Å². The van der Waals surface area contributed by atoms with Crippen LogP contribution in [-0.4, -0.2) is 103 Å². The first-order valence-corrected chi connectivity index (χ1v) is 29.3. The van der Waals surface area contributed by atoms with E-state index >= 15 is 0 Å². The van der Waals surface area contributed by atoms with E-state index in [4.69, 9.17) is 36.2 Å². The number of thiophene rings is 1. The van der Waals surface area contributed by atoms with Gasteiger partial charge in [-0.25, -0.2) is 4.98 Å². The minimum Gasteiger partial charge on any atom is -0.490 e. The molecule has 1 saturated heterocycles. The number of carbonyl (C=O) groups is 5. The number of benzene rings is 3. The Hall–Kier alpha value is -7.26. The molecule has 2 aliphatic heterocycles. The third-order valence-corrected chi connectivity index (χ3v) is 17.9. The number of carbonyl (C=O) groups excluding carboxylic acids is 5. The summed E-state index contributed by atoms with van der Waals surface area (Å²) >= 11 is 9.50. The minimum atomic E-state index is -1.13. The molecule has 0 unspecified atom stereocenters. The van der Waals surface area contributed by atoms with Crippen LogP contribution < -0.4 is 26.4 Å². The van der Waals surface area contributed by atoms with Crippen molar-refractivity contribution >= 4 is 80.6 Å². The lowest BCUT2D eigenvalue weighted by Gasteiger charge is -2.36. The lowest BCUT2D eigenvalue weighted by atomic mass is 9.85. The minimum absolute atomic E-state index is 0.0290. The Kier molecular flexibility index (Phi) is 16.1. The van der Waals surface area contributed by atoms with Crippen LogP contribution in [0.5, 0.6) is 5.75 Å². The predicted molar refractivity (Wildman–Crippen MR) is 312 cm³/mol. The van der Waals surface area contributed by atoms with Crippen molar-refractivity contribution in [3.05, 3.63) is 134 Å². The summed E-state index contributed by atoms with van der Waals surface area (Å²) in [5.74, 6) is -0.732. The molecule has 1 aliphatic carbocycles. The largest absolute Gasteiger partial charge is 0.490 e. The van der Waals surface area contributed by atoms with Gasteiger partial charge in [0.2, 0.25) is 17.7 Å². The Bertz CT molecular complexity index is 3570. The quantitative estimate of drug-likeness (QED) is 0.0662. The van der Waals surface area contributed by atoms with E-state index in [0.29, 0.717) is 46.2 Å². The topological polar surface area (TPSA) is 238 Å². The molecule has 0 bridgehead atoms. The van der Waals surface area contributed by atoms with Crippen LogP contribution in [0.1, 0.15) is 134 Å². The van der Waals surface area contributed by atoms with Gasteiger partial charge in [-0.15, -0.1) is 32.9 Å². The number of hydrogen-bond acceptors (Lipinski definition) is 15. The molecule has 7 aromatic rings. The number of esters is 1. The second kappa shape index (κ2) is 22.9. The second-order valence-corrected chi connectivity index (χ2v) is 25.4. The number of furan rings is 1. The Morgan fingerprint density at radius 1 is 0.889 bits per heavy atom. The molecule has 3 aliphatic rings. The number of hydrogen-bond donors (Lipinski definition) is 4. The summed E-state index contributed by atoms with van der Waals surface area (Å²) in [6, 6.07) is 18.1. The van der Waals surface area contributed by atoms with E-state index in [1.807, 2.05) is 108 Å². The first-order valence-electron chi connectivity index (χ1n) is 27.2. The Morgan fingerprint density at radius 3 is 2.28 bits per heavy atom. The van der Waals surface area contributed by atoms with E-state index in [0.717, 1.165) is 54.0 Å². The van der Waals surface area contributed by atoms with Gasteiger partial charge in [-0.1, -0.05) is 82.6 Å². The number of halogens is 1. The van der Waals surface area contributed by atoms with E-state index in [1.165, 1.54) is 4.90 Å². The van der Waals surface area contributed by atoms with Gasteiger partial charge < -0.3 is 40.5 Å². The molecule has 1 saturated carbocycles. The average molecular weight is 1160 g/mol. The number of nitrogens with zero attached hydrogens (tertiary/aromatic N) is 6. The first kappa shape index (κ1) is 57.0. The molecule has 81 heavy (non-hydrogen) atoms. The standard InChI is InChI=1S/C60H67ClN10O8S2/c1-29(2)50(62)59(76)78-43-25-45(55(73)64-31(4)35-11-13-37(14-12-35)52-32(5)63-28-80-52)70(27-43)57(75)53(60(8,9)10)67-56(74)47-22-38-21-41(19-20-46(38)79-47)77-42-23-40(24-42)65-48(72)26-44-54-69-68-34(7)71(54)58-49(30(3)33(6)81-58)51(66-44)36-15-17-39(61)18-16-36/h11-22,28-29,31,40,42-45,50,53H,23-27,62H2,1-10H3,(H,64,73)(H,65,72)(H,67,74)/t31-,40-,42+,43+,44-,45-,50-,53+/m0/s1. The first-order chi connectivity index (χ1) is 38.5. The smallest absolute Gasteiger partial charge is 0.323 e. The third-order valence-electron chi connectivity index (χ3n) is 15.5. The van der Waals surface area contributed by atoms with Gasteiger partial charge in [-0.05, 0) is 99.0 Å². The Labute approximate surface area is 483 Å². The SMILES string of the molecule is Cc1ncsc1-c1ccc([C@H](C)NC(=O)[C@@H]2C[C@@H](OC(=O)[C@@H](N)C(C)C)CN2C(=O)[C@@H](NC(=O)c2cc3cc(O[C@H]4C[C@@H](NC(=O)C[C@@H]5N=C(c6ccc(Cl)cc6)c6c(sc(C)c6C)-n6c(C)nnc65)C4)ccc3o2)C(C)(C)C)cc1. The van der Waals surface area contributed by atoms with Gasteiger partial charge in [0.15, 0.2) is 11.6 Å². The van der Waals surface area contributed by atoms with E-state index in [9.17, 15) is 24.0 Å². The van der Waals surface area contributed by atoms with Crippen molar-refractivity contribution < 1.29 is 37.9 Å². The number of nitrogens with one attached hydrogen (secondary N) is 3. The number of rotatable bonds is 16. The van der Waals surface area contributed by atoms with Crippen molar-refractivity contribution in [2.45, 2.75) is 143 Å². The van der Waals surface area contributed by atoms with Crippen LogP contribution in [0.15, 0.2) is 87.7 Å². The second-order valence-electron chi connectivity index (χ2n) is 22.9. The lowest BCUT2D eigenvalue weighted by Crippen LogP contribution is -2.57. The van der Waals surface area contributed by atoms with Crippen LogP contribution in [0.3, 0.4) is 0 Å². The fraction of sp³-hybridized carbons (Fsp3) is 0.417. The van der Waals surface area contributed by atoms with Crippen molar-refractivity contribution in [3.63, 3.8) is 0 Å². The molecule has 4 amide bonds. The molecule has 5 N–H and O–H groups in total. The zero-order valence-corrected chi connectivity index (χ0v) is 49.3. The zero-order chi connectivity index (χ0) is 57.8. The van der Waals surface area contributed by atoms with E-state index in [-0.39, 0.29) is 49.1 Å². The molecule has 0 radical (unpaired) electrons. The van der Waals surface area contributed by atoms with Crippen molar-refractivity contribution in [1.29, 1.82) is 0 Å². The summed E-state index contributed by atoms with van der Waals surface area (Å²) in [7, 11) is 0. The molecule has 2 fully saturated rings. The molecule has 18 nitrogen and oxygen atoms in total. The number of fused-ring (bicyclic) bond motifs is 4. The summed E-state index contributed by atoms with van der Waals surface area (Å²) in [5.41, 5.74) is 14.1. The van der Waals surface area contributed by atoms with Gasteiger partial charge in [0.05, 0.1) is 40.8 Å². The molecule has 10 rings (SSSR count). The van der Waals surface area contributed by atoms with Crippen molar-refractivity contribution in [1.82, 2.24) is 40.6 Å². The van der Waals surface area contributed by atoms with Gasteiger partial charge >= 0.3 is 5.97 Å². The molecular weight excluding hydrogens is 1090 g/mol. The molecule has 424 valence electrons. The summed E-state index contributed by atoms with van der Waals surface area (Å²) in [6.07, 6.45) is 0.249. The number of aromatic nitrogens is 4. The number of amides is 4. The van der Waals surface area contributed by atoms with Crippen LogP contribution >= 0.6 is 34.3 Å². The van der Waals surface area contributed by atoms with Crippen LogP contribution in [0.4, 0.5) is 0 Å². The average Bonchev–Trinajstić information content (AvgIpc) is 4.45. The monoisotopic (exact) mass is 1150 g/mol. The normalized spacial score (nSPS) is 19.8. The number of nitrogens with two attached hydrogens (primary N) is 1. The fourth-order valence-corrected chi connectivity index (χ4v) is 12.7. The van der Waals surface area contributed by atoms with E-state index < -0.39 is 65.4 Å². The lowest BCUT2D eigenvalue weighted by molar-refractivity contribution is -0.152. The van der Waals surface area contributed by atoms with Crippen molar-refractivity contribution in [2.24, 2.45) is 22.1 Å². The molecule has 0 spiro atoms. The fourth-order valence-electron chi connectivity index (χ4n) is 10.6. The molecule has 6 heterocycles. The third kappa shape index (κ3) is 11.9. The number of aryl methyl sites for hydroxylation is 3. The van der Waals surface area contributed by atoms with Gasteiger partial charge in [-0.2, -0.15) is 0 Å².